The lowest BCUT2D eigenvalue weighted by molar-refractivity contribution is -0.220. The van der Waals surface area contributed by atoms with Gasteiger partial charge in [-0.15, -0.1) is 0 Å². The summed E-state index contributed by atoms with van der Waals surface area (Å²) in [6.45, 7) is 10.4. The zero-order valence-corrected chi connectivity index (χ0v) is 26.3. The van der Waals surface area contributed by atoms with Crippen molar-refractivity contribution in [1.82, 2.24) is 5.32 Å². The number of allylic oxidation sites excluding steroid dienone is 4. The Labute approximate surface area is 253 Å². The molecule has 0 aromatic rings. The molecule has 43 heavy (non-hydrogen) atoms. The molecule has 0 saturated heterocycles. The Kier molecular flexibility index (Phi) is 9.08. The number of alkyl carbamates (subject to hydrolysis) is 1. The molecule has 3 fully saturated rings. The number of amides is 1. The van der Waals surface area contributed by atoms with Gasteiger partial charge in [-0.2, -0.15) is 0 Å². The number of nitrogens with one attached hydrogen (secondary N) is 1. The van der Waals surface area contributed by atoms with Crippen molar-refractivity contribution in [2.24, 2.45) is 28.6 Å². The zero-order valence-electron chi connectivity index (χ0n) is 26.3. The molecule has 4 aliphatic rings. The summed E-state index contributed by atoms with van der Waals surface area (Å²) in [5, 5.41) is 26.1. The maximum absolute atomic E-state index is 17.3. The predicted octanol–water partition coefficient (Wildman–Crippen LogP) is 4.53. The number of aliphatic hydroxyl groups is 2. The molecule has 0 unspecified atom stereocenters. The van der Waals surface area contributed by atoms with Crippen LogP contribution in [0.5, 0.6) is 0 Å². The normalized spacial score (nSPS) is 38.3. The van der Waals surface area contributed by atoms with E-state index in [4.69, 9.17) is 9.47 Å². The number of Topliss-reactive ketones (excluding diaryl/α,β-unsaturated/α-hetero) is 1. The van der Waals surface area contributed by atoms with Crippen LogP contribution in [-0.4, -0.2) is 70.0 Å². The molecule has 3 saturated carbocycles. The number of ether oxygens (including phenoxy) is 2. The fraction of sp³-hybridized carbons (Fsp3) is 0.758. The largest absolute Gasteiger partial charge is 0.458 e. The van der Waals surface area contributed by atoms with Crippen molar-refractivity contribution in [3.05, 3.63) is 23.8 Å². The summed E-state index contributed by atoms with van der Waals surface area (Å²) in [7, 11) is 0. The van der Waals surface area contributed by atoms with Gasteiger partial charge in [-0.05, 0) is 90.2 Å². The van der Waals surface area contributed by atoms with Gasteiger partial charge in [-0.1, -0.05) is 31.9 Å². The topological polar surface area (TPSA) is 139 Å². The Balaban J connectivity index is 1.34. The average Bonchev–Trinajstić information content (AvgIpc) is 3.11. The quantitative estimate of drug-likeness (QED) is 0.257. The van der Waals surface area contributed by atoms with Crippen LogP contribution in [0.4, 0.5) is 9.18 Å². The minimum atomic E-state index is -2.05. The molecule has 4 aliphatic carbocycles. The first-order valence-corrected chi connectivity index (χ1v) is 15.6. The Bertz CT molecular complexity index is 1210. The van der Waals surface area contributed by atoms with Crippen molar-refractivity contribution in [1.29, 1.82) is 0 Å². The van der Waals surface area contributed by atoms with E-state index in [-0.39, 0.29) is 24.5 Å². The predicted molar refractivity (Wildman–Crippen MR) is 157 cm³/mol. The number of rotatable bonds is 9. The van der Waals surface area contributed by atoms with E-state index in [0.717, 1.165) is 0 Å². The van der Waals surface area contributed by atoms with Crippen molar-refractivity contribution in [2.45, 2.75) is 116 Å². The number of unbranched alkanes of at least 4 members (excludes halogenated alkanes) is 2. The van der Waals surface area contributed by atoms with Crippen LogP contribution in [0.3, 0.4) is 0 Å². The second-order valence-corrected chi connectivity index (χ2v) is 14.5. The number of aliphatic hydroxyl groups excluding tert-OH is 1. The lowest BCUT2D eigenvalue weighted by atomic mass is 9.44. The van der Waals surface area contributed by atoms with Gasteiger partial charge in [0.25, 0.3) is 0 Å². The molecule has 1 amide bonds. The summed E-state index contributed by atoms with van der Waals surface area (Å²) in [5.41, 5.74) is -6.13. The highest BCUT2D eigenvalue weighted by molar-refractivity contribution is 6.01. The van der Waals surface area contributed by atoms with E-state index in [0.29, 0.717) is 50.6 Å². The number of fused-ring (bicyclic) bond motifs is 5. The Morgan fingerprint density at radius 2 is 1.84 bits per heavy atom. The van der Waals surface area contributed by atoms with E-state index >= 15 is 4.39 Å². The highest BCUT2D eigenvalue weighted by Crippen LogP contribution is 2.70. The first-order chi connectivity index (χ1) is 19.9. The average molecular weight is 606 g/mol. The molecule has 9 nitrogen and oxygen atoms in total. The van der Waals surface area contributed by atoms with Crippen LogP contribution in [0.1, 0.15) is 92.9 Å². The summed E-state index contributed by atoms with van der Waals surface area (Å²) in [6.07, 6.45) is 5.50. The maximum Gasteiger partial charge on any atom is 0.407 e. The van der Waals surface area contributed by atoms with Crippen LogP contribution >= 0.6 is 0 Å². The standard InChI is InChI=1S/C33H48FNO8/c1-20-16-24-23-12-11-21-17-22(36)13-14-30(21,5)32(23,34)25(37)18-31(24,6)33(20,41)26(38)19-42-27(39)10-8-7-9-15-35-28(40)43-29(2,3)4/h13-14,17,20,23-25,37,41H,7-12,15-16,18-19H2,1-6H3,(H,35,40)/t20-,23+,24+,25+,30+,31+,32+,33+/m1/s1. The van der Waals surface area contributed by atoms with Gasteiger partial charge in [0.2, 0.25) is 5.78 Å². The highest BCUT2D eigenvalue weighted by Gasteiger charge is 2.75. The third-order valence-corrected chi connectivity index (χ3v) is 10.7. The van der Waals surface area contributed by atoms with Crippen molar-refractivity contribution in [2.75, 3.05) is 13.2 Å². The number of esters is 1. The number of carbonyl (C=O) groups is 4. The molecule has 240 valence electrons. The van der Waals surface area contributed by atoms with E-state index in [1.54, 1.807) is 47.6 Å². The molecule has 0 radical (unpaired) electrons. The molecule has 8 atom stereocenters. The molecule has 3 N–H and O–H groups in total. The van der Waals surface area contributed by atoms with Gasteiger partial charge in [0.1, 0.15) is 11.2 Å². The summed E-state index contributed by atoms with van der Waals surface area (Å²) in [6, 6.07) is 0. The first kappa shape index (κ1) is 33.3. The molecule has 0 heterocycles. The number of carbonyl (C=O) groups excluding carboxylic acids is 4. The van der Waals surface area contributed by atoms with Gasteiger partial charge in [0.15, 0.2) is 18.1 Å². The number of halogens is 1. The Morgan fingerprint density at radius 3 is 2.51 bits per heavy atom. The van der Waals surface area contributed by atoms with Gasteiger partial charge in [0.05, 0.1) is 6.10 Å². The summed E-state index contributed by atoms with van der Waals surface area (Å²) < 4.78 is 27.7. The van der Waals surface area contributed by atoms with E-state index < -0.39 is 70.1 Å². The van der Waals surface area contributed by atoms with Gasteiger partial charge in [-0.3, -0.25) is 14.4 Å². The lowest BCUT2D eigenvalue weighted by Gasteiger charge is -2.62. The van der Waals surface area contributed by atoms with Crippen LogP contribution < -0.4 is 5.32 Å². The van der Waals surface area contributed by atoms with Crippen molar-refractivity contribution in [3.63, 3.8) is 0 Å². The minimum Gasteiger partial charge on any atom is -0.458 e. The van der Waals surface area contributed by atoms with E-state index in [1.165, 1.54) is 12.2 Å². The minimum absolute atomic E-state index is 0.0865. The summed E-state index contributed by atoms with van der Waals surface area (Å²) in [5.74, 6) is -2.94. The highest BCUT2D eigenvalue weighted by atomic mass is 19.1. The molecular formula is C33H48FNO8. The van der Waals surface area contributed by atoms with Gasteiger partial charge in [0, 0.05) is 29.7 Å². The molecule has 0 aromatic carbocycles. The van der Waals surface area contributed by atoms with Crippen LogP contribution in [0.2, 0.25) is 0 Å². The second-order valence-electron chi connectivity index (χ2n) is 14.5. The van der Waals surface area contributed by atoms with Crippen molar-refractivity contribution < 1.29 is 43.3 Å². The van der Waals surface area contributed by atoms with E-state index in [9.17, 15) is 29.4 Å². The second kappa shape index (κ2) is 11.7. The molecule has 4 rings (SSSR count). The first-order valence-electron chi connectivity index (χ1n) is 15.6. The fourth-order valence-electron chi connectivity index (χ4n) is 8.54. The number of hydrogen-bond acceptors (Lipinski definition) is 8. The van der Waals surface area contributed by atoms with Crippen LogP contribution in [0, 0.1) is 28.6 Å². The molecule has 0 bridgehead atoms. The third kappa shape index (κ3) is 5.70. The van der Waals surface area contributed by atoms with E-state index in [2.05, 4.69) is 5.32 Å². The van der Waals surface area contributed by atoms with Crippen LogP contribution in [0.15, 0.2) is 23.8 Å². The third-order valence-electron chi connectivity index (χ3n) is 10.7. The van der Waals surface area contributed by atoms with Crippen LogP contribution in [0.25, 0.3) is 0 Å². The molecular weight excluding hydrogens is 557 g/mol. The van der Waals surface area contributed by atoms with Gasteiger partial charge >= 0.3 is 12.1 Å². The Morgan fingerprint density at radius 1 is 1.14 bits per heavy atom. The number of hydrogen-bond donors (Lipinski definition) is 3. The van der Waals surface area contributed by atoms with Crippen molar-refractivity contribution in [3.8, 4) is 0 Å². The van der Waals surface area contributed by atoms with E-state index in [1.807, 2.05) is 0 Å². The summed E-state index contributed by atoms with van der Waals surface area (Å²) in [4.78, 5) is 49.7. The van der Waals surface area contributed by atoms with Gasteiger partial charge in [-0.25, -0.2) is 9.18 Å². The monoisotopic (exact) mass is 605 g/mol. The van der Waals surface area contributed by atoms with Crippen molar-refractivity contribution >= 4 is 23.6 Å². The SMILES string of the molecule is C[C@@H]1C[C@H]2[C@@H]3CCC4=CC(=O)C=C[C@]4(C)[C@@]3(F)[C@@H](O)C[C@]2(C)[C@@]1(O)C(=O)COC(=O)CCCCCNC(=O)OC(C)(C)C. The molecule has 0 aromatic heterocycles. The summed E-state index contributed by atoms with van der Waals surface area (Å²) >= 11 is 0. The Hall–Kier alpha value is -2.59. The molecule has 0 spiro atoms. The zero-order chi connectivity index (χ0) is 32.0. The molecule has 10 heteroatoms. The van der Waals surface area contributed by atoms with Gasteiger partial charge < -0.3 is 25.0 Å². The number of ketones is 2. The number of alkyl halides is 1. The molecule has 0 aliphatic heterocycles. The smallest absolute Gasteiger partial charge is 0.407 e. The lowest BCUT2D eigenvalue weighted by Crippen LogP contribution is -2.69. The fourth-order valence-corrected chi connectivity index (χ4v) is 8.54. The maximum atomic E-state index is 17.3. The van der Waals surface area contributed by atoms with Crippen LogP contribution in [-0.2, 0) is 23.9 Å².